The molecular weight excluding hydrogens is 315 g/mol. The summed E-state index contributed by atoms with van der Waals surface area (Å²) in [6, 6.07) is 14.7. The quantitative estimate of drug-likeness (QED) is 0.546. The van der Waals surface area contributed by atoms with E-state index >= 15 is 0 Å². The molecule has 0 aliphatic carbocycles. The summed E-state index contributed by atoms with van der Waals surface area (Å²) in [5.74, 6) is 0. The molecule has 1 aromatic heterocycles. The molecule has 2 N–H and O–H groups in total. The number of benzene rings is 2. The monoisotopic (exact) mass is 328 g/mol. The van der Waals surface area contributed by atoms with Crippen LogP contribution in [0.3, 0.4) is 0 Å². The normalized spacial score (nSPS) is 12.4. The molecule has 3 aromatic rings. The Morgan fingerprint density at radius 2 is 2.10 bits per heavy atom. The van der Waals surface area contributed by atoms with E-state index in [0.717, 1.165) is 23.6 Å². The Bertz CT molecular complexity index is 859. The van der Waals surface area contributed by atoms with Gasteiger partial charge < -0.3 is 0 Å². The Morgan fingerprint density at radius 3 is 3.10 bits per heavy atom. The van der Waals surface area contributed by atoms with Crippen molar-refractivity contribution in [2.24, 2.45) is 7.92 Å². The SMILES string of the molecule is c1cc2c(c(NCc3ccc4cc[nH]c4c3)c1)N=[Se]=N2. The molecule has 0 fully saturated rings. The van der Waals surface area contributed by atoms with E-state index in [4.69, 9.17) is 0 Å². The van der Waals surface area contributed by atoms with Crippen LogP contribution in [0.4, 0.5) is 17.1 Å². The van der Waals surface area contributed by atoms with Gasteiger partial charge >= 0.3 is 122 Å². The van der Waals surface area contributed by atoms with Crippen molar-refractivity contribution in [3.63, 3.8) is 0 Å². The maximum absolute atomic E-state index is 4.48. The topological polar surface area (TPSA) is 52.5 Å². The van der Waals surface area contributed by atoms with Crippen molar-refractivity contribution in [3.8, 4) is 0 Å². The van der Waals surface area contributed by atoms with Gasteiger partial charge in [0.15, 0.2) is 0 Å². The Hall–Kier alpha value is -2.10. The van der Waals surface area contributed by atoms with E-state index < -0.39 is 0 Å². The first-order valence-electron chi connectivity index (χ1n) is 6.41. The summed E-state index contributed by atoms with van der Waals surface area (Å²) in [6.45, 7) is 0.786. The summed E-state index contributed by atoms with van der Waals surface area (Å²) >= 11 is 0.0171. The van der Waals surface area contributed by atoms with Crippen molar-refractivity contribution < 1.29 is 0 Å². The number of hydrogen-bond acceptors (Lipinski definition) is 3. The molecule has 0 radical (unpaired) electrons. The number of nitrogens with zero attached hydrogens (tertiary/aromatic N) is 2. The van der Waals surface area contributed by atoms with Crippen molar-refractivity contribution >= 4 is 42.5 Å². The van der Waals surface area contributed by atoms with E-state index in [1.807, 2.05) is 18.3 Å². The molecule has 5 heteroatoms. The zero-order valence-corrected chi connectivity index (χ0v) is 12.3. The minimum absolute atomic E-state index is 0.0171. The van der Waals surface area contributed by atoms with Crippen LogP contribution in [0, 0.1) is 0 Å². The van der Waals surface area contributed by atoms with Crippen LogP contribution >= 0.6 is 0 Å². The van der Waals surface area contributed by atoms with Crippen LogP contribution in [0.1, 0.15) is 5.56 Å². The van der Waals surface area contributed by atoms with Crippen LogP contribution in [-0.2, 0) is 6.54 Å². The van der Waals surface area contributed by atoms with Gasteiger partial charge in [-0.05, 0) is 0 Å². The Labute approximate surface area is 122 Å². The second-order valence-corrected chi connectivity index (χ2v) is 5.80. The molecule has 0 saturated heterocycles. The summed E-state index contributed by atoms with van der Waals surface area (Å²) in [7, 11) is 0. The molecule has 0 amide bonds. The van der Waals surface area contributed by atoms with Gasteiger partial charge in [-0.25, -0.2) is 0 Å². The van der Waals surface area contributed by atoms with Crippen molar-refractivity contribution in [2.75, 3.05) is 5.32 Å². The summed E-state index contributed by atoms with van der Waals surface area (Å²) < 4.78 is 8.88. The van der Waals surface area contributed by atoms with Gasteiger partial charge in [0.25, 0.3) is 0 Å². The second-order valence-electron chi connectivity index (χ2n) is 4.69. The van der Waals surface area contributed by atoms with E-state index in [2.05, 4.69) is 48.6 Å². The number of H-pyrrole nitrogens is 1. The van der Waals surface area contributed by atoms with Crippen molar-refractivity contribution in [2.45, 2.75) is 6.54 Å². The molecule has 20 heavy (non-hydrogen) atoms. The molecule has 4 nitrogen and oxygen atoms in total. The first kappa shape index (κ1) is 11.7. The first-order valence-corrected chi connectivity index (χ1v) is 7.94. The van der Waals surface area contributed by atoms with Crippen molar-refractivity contribution in [1.82, 2.24) is 4.98 Å². The van der Waals surface area contributed by atoms with Gasteiger partial charge in [0.2, 0.25) is 0 Å². The molecule has 1 aliphatic rings. The number of aromatic amines is 1. The number of anilines is 1. The van der Waals surface area contributed by atoms with Crippen LogP contribution in [0.15, 0.2) is 56.6 Å². The number of rotatable bonds is 3. The Morgan fingerprint density at radius 1 is 1.10 bits per heavy atom. The van der Waals surface area contributed by atoms with E-state index in [9.17, 15) is 0 Å². The molecule has 2 heterocycles. The predicted molar refractivity (Wildman–Crippen MR) is 82.0 cm³/mol. The number of nitrogens with one attached hydrogen (secondary N) is 2. The van der Waals surface area contributed by atoms with Gasteiger partial charge in [0.05, 0.1) is 0 Å². The molecule has 0 unspecified atom stereocenters. The molecular formula is C15H12N4Se. The van der Waals surface area contributed by atoms with Crippen molar-refractivity contribution in [3.05, 3.63) is 54.2 Å². The maximum atomic E-state index is 4.48. The Balaban J connectivity index is 1.58. The molecule has 2 aromatic carbocycles. The average Bonchev–Trinajstić information content (AvgIpc) is 3.13. The molecule has 4 rings (SSSR count). The third kappa shape index (κ3) is 2.01. The van der Waals surface area contributed by atoms with Crippen LogP contribution in [0.25, 0.3) is 10.9 Å². The van der Waals surface area contributed by atoms with E-state index in [1.54, 1.807) is 0 Å². The minimum atomic E-state index is 0.0171. The third-order valence-electron chi connectivity index (χ3n) is 3.39. The zero-order valence-electron chi connectivity index (χ0n) is 10.6. The molecule has 1 aliphatic heterocycles. The Kier molecular flexibility index (Phi) is 2.80. The average molecular weight is 327 g/mol. The van der Waals surface area contributed by atoms with E-state index in [1.165, 1.54) is 16.5 Å². The molecule has 98 valence electrons. The van der Waals surface area contributed by atoms with E-state index in [-0.39, 0.29) is 14.6 Å². The van der Waals surface area contributed by atoms with Gasteiger partial charge in [-0.1, -0.05) is 0 Å². The number of fused-ring (bicyclic) bond motifs is 2. The summed E-state index contributed by atoms with van der Waals surface area (Å²) in [4.78, 5) is 3.24. The van der Waals surface area contributed by atoms with Crippen LogP contribution < -0.4 is 5.32 Å². The molecule has 0 spiro atoms. The van der Waals surface area contributed by atoms with Crippen LogP contribution in [0.2, 0.25) is 0 Å². The van der Waals surface area contributed by atoms with Crippen molar-refractivity contribution in [1.29, 1.82) is 0 Å². The van der Waals surface area contributed by atoms with Crippen LogP contribution in [-0.4, -0.2) is 19.6 Å². The van der Waals surface area contributed by atoms with Gasteiger partial charge in [-0.3, -0.25) is 0 Å². The fourth-order valence-electron chi connectivity index (χ4n) is 2.35. The van der Waals surface area contributed by atoms with Gasteiger partial charge in [0.1, 0.15) is 0 Å². The second kappa shape index (κ2) is 4.78. The molecule has 0 atom stereocenters. The number of aromatic nitrogens is 1. The third-order valence-corrected chi connectivity index (χ3v) is 4.53. The zero-order chi connectivity index (χ0) is 13.4. The van der Waals surface area contributed by atoms with Gasteiger partial charge in [0, 0.05) is 0 Å². The van der Waals surface area contributed by atoms with Gasteiger partial charge in [-0.2, -0.15) is 0 Å². The molecule has 0 saturated carbocycles. The fraction of sp³-hybridized carbons (Fsp3) is 0.0667. The van der Waals surface area contributed by atoms with Gasteiger partial charge in [-0.15, -0.1) is 0 Å². The molecule has 0 bridgehead atoms. The number of hydrogen-bond donors (Lipinski definition) is 2. The fourth-order valence-corrected chi connectivity index (χ4v) is 3.50. The summed E-state index contributed by atoms with van der Waals surface area (Å²) in [5, 5.41) is 4.70. The van der Waals surface area contributed by atoms with E-state index in [0.29, 0.717) is 0 Å². The van der Waals surface area contributed by atoms with Crippen LogP contribution in [0.5, 0.6) is 0 Å². The summed E-state index contributed by atoms with van der Waals surface area (Å²) in [5.41, 5.74) is 5.50. The standard InChI is InChI=1S/C15H12N4Se/c1-2-12(15-13(3-1)18-20-19-15)17-9-10-4-5-11-6-7-16-14(11)8-10/h1-8,16-17H,9H2. The predicted octanol–water partition coefficient (Wildman–Crippen LogP) is 4.13. The summed E-state index contributed by atoms with van der Waals surface area (Å²) in [6.07, 6.45) is 1.97. The first-order chi connectivity index (χ1) is 9.90.